The summed E-state index contributed by atoms with van der Waals surface area (Å²) in [5.41, 5.74) is 7.06. The van der Waals surface area contributed by atoms with E-state index in [-0.39, 0.29) is 12.5 Å². The number of aliphatic hydroxyl groups is 1. The fourth-order valence-electron chi connectivity index (χ4n) is 2.46. The van der Waals surface area contributed by atoms with Crippen LogP contribution in [-0.2, 0) is 4.79 Å². The number of hydrogen-bond acceptors (Lipinski definition) is 5. The number of nitrogens with one attached hydrogen (secondary N) is 1. The molecule has 1 saturated heterocycles. The molecule has 0 bridgehead atoms. The van der Waals surface area contributed by atoms with Crippen molar-refractivity contribution < 1.29 is 9.90 Å². The third kappa shape index (κ3) is 5.00. The second-order valence-corrected chi connectivity index (χ2v) is 5.29. The number of anilines is 2. The monoisotopic (exact) mass is 292 g/mol. The topological polar surface area (TPSA) is 81.8 Å². The first-order valence-corrected chi connectivity index (χ1v) is 7.39. The van der Waals surface area contributed by atoms with Crippen LogP contribution in [0.4, 0.5) is 11.4 Å². The average Bonchev–Trinajstić information content (AvgIpc) is 2.49. The lowest BCUT2D eigenvalue weighted by Crippen LogP contribution is -2.47. The number of nitrogens with zero attached hydrogens (tertiary/aromatic N) is 2. The van der Waals surface area contributed by atoms with Gasteiger partial charge >= 0.3 is 0 Å². The Morgan fingerprint density at radius 1 is 1.14 bits per heavy atom. The van der Waals surface area contributed by atoms with Crippen LogP contribution in [0.1, 0.15) is 6.42 Å². The summed E-state index contributed by atoms with van der Waals surface area (Å²) in [7, 11) is 0. The zero-order valence-corrected chi connectivity index (χ0v) is 12.3. The van der Waals surface area contributed by atoms with Crippen LogP contribution < -0.4 is 11.1 Å². The van der Waals surface area contributed by atoms with Gasteiger partial charge in [0.1, 0.15) is 0 Å². The lowest BCUT2D eigenvalue weighted by atomic mass is 10.2. The van der Waals surface area contributed by atoms with Crippen molar-refractivity contribution in [3.63, 3.8) is 0 Å². The molecular formula is C15H24N4O2. The minimum Gasteiger partial charge on any atom is -0.397 e. The largest absolute Gasteiger partial charge is 0.397 e. The number of carbonyl (C=O) groups excluding carboxylic acids is 1. The summed E-state index contributed by atoms with van der Waals surface area (Å²) in [4.78, 5) is 16.5. The molecule has 6 nitrogen and oxygen atoms in total. The molecule has 1 fully saturated rings. The number of carbonyl (C=O) groups is 1. The number of para-hydroxylation sites is 2. The number of hydrogen-bond donors (Lipinski definition) is 3. The van der Waals surface area contributed by atoms with Gasteiger partial charge in [-0.1, -0.05) is 12.1 Å². The molecule has 1 aromatic carbocycles. The van der Waals surface area contributed by atoms with Crippen molar-refractivity contribution in [3.05, 3.63) is 24.3 Å². The summed E-state index contributed by atoms with van der Waals surface area (Å²) in [6.07, 6.45) is 0.467. The first-order chi connectivity index (χ1) is 10.2. The van der Waals surface area contributed by atoms with E-state index in [0.717, 1.165) is 39.3 Å². The van der Waals surface area contributed by atoms with E-state index >= 15 is 0 Å². The number of rotatable bonds is 6. The van der Waals surface area contributed by atoms with Crippen molar-refractivity contribution in [2.45, 2.75) is 6.42 Å². The van der Waals surface area contributed by atoms with E-state index in [1.165, 1.54) is 0 Å². The van der Waals surface area contributed by atoms with Crippen LogP contribution in [0.5, 0.6) is 0 Å². The maximum atomic E-state index is 11.9. The van der Waals surface area contributed by atoms with Crippen LogP contribution >= 0.6 is 0 Å². The van der Waals surface area contributed by atoms with Gasteiger partial charge in [-0.25, -0.2) is 0 Å². The summed E-state index contributed by atoms with van der Waals surface area (Å²) in [5.74, 6) is -0.00862. The molecule has 0 aromatic heterocycles. The zero-order chi connectivity index (χ0) is 15.1. The number of piperazine rings is 1. The Labute approximate surface area is 125 Å². The summed E-state index contributed by atoms with van der Waals surface area (Å²) < 4.78 is 0. The minimum absolute atomic E-state index is 0.00862. The minimum atomic E-state index is -0.00862. The van der Waals surface area contributed by atoms with Gasteiger partial charge in [0.05, 0.1) is 18.0 Å². The van der Waals surface area contributed by atoms with E-state index < -0.39 is 0 Å². The molecule has 116 valence electrons. The molecule has 0 spiro atoms. The van der Waals surface area contributed by atoms with Crippen molar-refractivity contribution in [2.75, 3.05) is 56.9 Å². The summed E-state index contributed by atoms with van der Waals surface area (Å²) >= 11 is 0. The number of amides is 1. The molecule has 0 radical (unpaired) electrons. The predicted octanol–water partition coefficient (Wildman–Crippen LogP) is 0.207. The van der Waals surface area contributed by atoms with Gasteiger partial charge in [-0.2, -0.15) is 0 Å². The van der Waals surface area contributed by atoms with Gasteiger partial charge in [-0.3, -0.25) is 9.69 Å². The first kappa shape index (κ1) is 15.8. The summed E-state index contributed by atoms with van der Waals surface area (Å²) in [6, 6.07) is 7.28. The van der Waals surface area contributed by atoms with Crippen LogP contribution in [0.2, 0.25) is 0 Å². The maximum absolute atomic E-state index is 11.9. The van der Waals surface area contributed by atoms with Crippen LogP contribution in [0.25, 0.3) is 0 Å². The maximum Gasteiger partial charge on any atom is 0.225 e. The quantitative estimate of drug-likeness (QED) is 0.653. The lowest BCUT2D eigenvalue weighted by molar-refractivity contribution is -0.116. The van der Waals surface area contributed by atoms with Gasteiger partial charge in [0.2, 0.25) is 5.91 Å². The smallest absolute Gasteiger partial charge is 0.225 e. The standard InChI is InChI=1S/C15H24N4O2/c16-13-3-1-2-4-14(13)17-15(21)5-6-18-7-9-19(10-8-18)11-12-20/h1-4,20H,5-12,16H2,(H,17,21). The second kappa shape index (κ2) is 7.97. The third-order valence-corrected chi connectivity index (χ3v) is 3.77. The Kier molecular flexibility index (Phi) is 5.98. The molecule has 4 N–H and O–H groups in total. The first-order valence-electron chi connectivity index (χ1n) is 7.39. The van der Waals surface area contributed by atoms with Gasteiger partial charge in [0, 0.05) is 45.7 Å². The SMILES string of the molecule is Nc1ccccc1NC(=O)CCN1CCN(CCO)CC1. The fraction of sp³-hybridized carbons (Fsp3) is 0.533. The highest BCUT2D eigenvalue weighted by Gasteiger charge is 2.16. The van der Waals surface area contributed by atoms with E-state index in [4.69, 9.17) is 10.8 Å². The fourth-order valence-corrected chi connectivity index (χ4v) is 2.46. The Hall–Kier alpha value is -1.63. The van der Waals surface area contributed by atoms with Crippen LogP contribution in [-0.4, -0.2) is 66.7 Å². The number of β-amino-alcohol motifs (C(OH)–C–C–N with tert-alkyl or cyclic N) is 1. The Balaban J connectivity index is 1.69. The van der Waals surface area contributed by atoms with E-state index in [9.17, 15) is 4.79 Å². The Morgan fingerprint density at radius 2 is 1.76 bits per heavy atom. The van der Waals surface area contributed by atoms with Gasteiger partial charge in [0.25, 0.3) is 0 Å². The Morgan fingerprint density at radius 3 is 2.38 bits per heavy atom. The van der Waals surface area contributed by atoms with Gasteiger partial charge in [-0.05, 0) is 12.1 Å². The predicted molar refractivity (Wildman–Crippen MR) is 84.1 cm³/mol. The highest BCUT2D eigenvalue weighted by Crippen LogP contribution is 2.16. The molecule has 1 amide bonds. The molecule has 1 heterocycles. The van der Waals surface area contributed by atoms with Crippen molar-refractivity contribution in [1.82, 2.24) is 9.80 Å². The van der Waals surface area contributed by atoms with Crippen molar-refractivity contribution >= 4 is 17.3 Å². The van der Waals surface area contributed by atoms with E-state index in [1.54, 1.807) is 12.1 Å². The number of aliphatic hydroxyl groups excluding tert-OH is 1. The number of nitrogens with two attached hydrogens (primary N) is 1. The van der Waals surface area contributed by atoms with Crippen LogP contribution in [0.3, 0.4) is 0 Å². The normalized spacial score (nSPS) is 16.8. The number of benzene rings is 1. The van der Waals surface area contributed by atoms with Crippen LogP contribution in [0, 0.1) is 0 Å². The molecule has 0 aliphatic carbocycles. The lowest BCUT2D eigenvalue weighted by Gasteiger charge is -2.34. The van der Waals surface area contributed by atoms with Crippen molar-refractivity contribution in [1.29, 1.82) is 0 Å². The van der Waals surface area contributed by atoms with Crippen LogP contribution in [0.15, 0.2) is 24.3 Å². The van der Waals surface area contributed by atoms with Crippen molar-refractivity contribution in [3.8, 4) is 0 Å². The third-order valence-electron chi connectivity index (χ3n) is 3.77. The molecule has 1 aliphatic rings. The molecule has 2 rings (SSSR count). The van der Waals surface area contributed by atoms with Gasteiger partial charge in [-0.15, -0.1) is 0 Å². The van der Waals surface area contributed by atoms with E-state index in [0.29, 0.717) is 17.8 Å². The van der Waals surface area contributed by atoms with Gasteiger partial charge in [0.15, 0.2) is 0 Å². The second-order valence-electron chi connectivity index (χ2n) is 5.29. The molecular weight excluding hydrogens is 268 g/mol. The highest BCUT2D eigenvalue weighted by molar-refractivity contribution is 5.93. The average molecular weight is 292 g/mol. The number of nitrogen functional groups attached to an aromatic ring is 1. The highest BCUT2D eigenvalue weighted by atomic mass is 16.3. The molecule has 0 atom stereocenters. The zero-order valence-electron chi connectivity index (χ0n) is 12.3. The van der Waals surface area contributed by atoms with E-state index in [2.05, 4.69) is 15.1 Å². The van der Waals surface area contributed by atoms with Gasteiger partial charge < -0.3 is 21.1 Å². The molecule has 0 unspecified atom stereocenters. The summed E-state index contributed by atoms with van der Waals surface area (Å²) in [5, 5.41) is 11.7. The molecule has 21 heavy (non-hydrogen) atoms. The Bertz CT molecular complexity index is 459. The van der Waals surface area contributed by atoms with Crippen molar-refractivity contribution in [2.24, 2.45) is 0 Å². The molecule has 1 aliphatic heterocycles. The molecule has 6 heteroatoms. The summed E-state index contributed by atoms with van der Waals surface area (Å²) in [6.45, 7) is 5.50. The molecule has 1 aromatic rings. The molecule has 0 saturated carbocycles. The van der Waals surface area contributed by atoms with E-state index in [1.807, 2.05) is 12.1 Å².